The summed E-state index contributed by atoms with van der Waals surface area (Å²) >= 11 is 0. The van der Waals surface area contributed by atoms with Gasteiger partial charge >= 0.3 is 0 Å². The lowest BCUT2D eigenvalue weighted by molar-refractivity contribution is -0.131. The van der Waals surface area contributed by atoms with Crippen molar-refractivity contribution in [1.82, 2.24) is 14.8 Å². The summed E-state index contributed by atoms with van der Waals surface area (Å²) in [4.78, 5) is 30.4. The SMILES string of the molecule is Cc1ccc(-c2c(C3c4ccccc4C(=O)N3C(C)C(=O)NC34CC5CC(CC(C5)C3)C4)c3ccccc3n2C)cc1. The molecule has 9 rings (SSSR count). The average molecular weight is 558 g/mol. The van der Waals surface area contributed by atoms with Crippen LogP contribution in [0.4, 0.5) is 0 Å². The summed E-state index contributed by atoms with van der Waals surface area (Å²) in [6.45, 7) is 4.03. The van der Waals surface area contributed by atoms with Gasteiger partial charge in [0.25, 0.3) is 5.91 Å². The lowest BCUT2D eigenvalue weighted by Gasteiger charge is -2.57. The monoisotopic (exact) mass is 557 g/mol. The summed E-state index contributed by atoms with van der Waals surface area (Å²) in [6.07, 6.45) is 7.27. The summed E-state index contributed by atoms with van der Waals surface area (Å²) in [5, 5.41) is 4.69. The number of fused-ring (bicyclic) bond motifs is 2. The maximum absolute atomic E-state index is 14.3. The lowest BCUT2D eigenvalue weighted by Crippen LogP contribution is -2.62. The maximum Gasteiger partial charge on any atom is 0.255 e. The highest BCUT2D eigenvalue weighted by atomic mass is 16.2. The molecule has 2 unspecified atom stereocenters. The second-order valence-electron chi connectivity index (χ2n) is 13.8. The first-order chi connectivity index (χ1) is 20.3. The maximum atomic E-state index is 14.3. The molecule has 2 atom stereocenters. The Hall–Kier alpha value is -3.86. The molecule has 5 aliphatic rings. The highest BCUT2D eigenvalue weighted by molar-refractivity contribution is 6.04. The number of nitrogens with one attached hydrogen (secondary N) is 1. The van der Waals surface area contributed by atoms with Crippen LogP contribution >= 0.6 is 0 Å². The average Bonchev–Trinajstić information content (AvgIpc) is 3.42. The topological polar surface area (TPSA) is 54.3 Å². The van der Waals surface area contributed by atoms with Gasteiger partial charge in [-0.1, -0.05) is 66.2 Å². The molecular weight excluding hydrogens is 518 g/mol. The van der Waals surface area contributed by atoms with Gasteiger partial charge in [0.15, 0.2) is 0 Å². The van der Waals surface area contributed by atoms with E-state index in [-0.39, 0.29) is 23.4 Å². The van der Waals surface area contributed by atoms with Crippen LogP contribution in [0, 0.1) is 24.7 Å². The fraction of sp³-hybridized carbons (Fsp3) is 0.405. The van der Waals surface area contributed by atoms with Crippen molar-refractivity contribution in [2.45, 2.75) is 70.0 Å². The molecule has 4 saturated carbocycles. The third-order valence-corrected chi connectivity index (χ3v) is 11.0. The van der Waals surface area contributed by atoms with E-state index in [2.05, 4.69) is 78.5 Å². The number of amides is 2. The zero-order valence-electron chi connectivity index (χ0n) is 24.8. The van der Waals surface area contributed by atoms with Crippen LogP contribution in [0.1, 0.15) is 78.5 Å². The van der Waals surface area contributed by atoms with Crippen molar-refractivity contribution in [2.75, 3.05) is 0 Å². The zero-order valence-corrected chi connectivity index (χ0v) is 24.8. The van der Waals surface area contributed by atoms with Gasteiger partial charge in [-0.2, -0.15) is 0 Å². The number of hydrogen-bond donors (Lipinski definition) is 1. The fourth-order valence-corrected chi connectivity index (χ4v) is 9.55. The van der Waals surface area contributed by atoms with Crippen LogP contribution in [0.15, 0.2) is 72.8 Å². The van der Waals surface area contributed by atoms with E-state index in [0.717, 1.165) is 70.3 Å². The molecule has 0 saturated heterocycles. The number of nitrogens with zero attached hydrogens (tertiary/aromatic N) is 2. The van der Waals surface area contributed by atoms with Crippen LogP contribution in [0.25, 0.3) is 22.2 Å². The predicted molar refractivity (Wildman–Crippen MR) is 166 cm³/mol. The number of aryl methyl sites for hydroxylation is 2. The first-order valence-electron chi connectivity index (χ1n) is 15.7. The van der Waals surface area contributed by atoms with Gasteiger partial charge in [0.05, 0.1) is 11.7 Å². The number of benzene rings is 3. The van der Waals surface area contributed by atoms with E-state index >= 15 is 0 Å². The molecule has 4 fully saturated rings. The molecule has 2 heterocycles. The minimum Gasteiger partial charge on any atom is -0.349 e. The van der Waals surface area contributed by atoms with Crippen molar-refractivity contribution in [3.05, 3.63) is 95.1 Å². The van der Waals surface area contributed by atoms with Gasteiger partial charge < -0.3 is 14.8 Å². The van der Waals surface area contributed by atoms with Crippen molar-refractivity contribution in [1.29, 1.82) is 0 Å². The first kappa shape index (κ1) is 25.8. The second kappa shape index (κ2) is 9.32. The molecule has 5 nitrogen and oxygen atoms in total. The Morgan fingerprint density at radius 2 is 1.50 bits per heavy atom. The lowest BCUT2D eigenvalue weighted by atomic mass is 9.53. The Bertz CT molecular complexity index is 1700. The minimum atomic E-state index is -0.604. The predicted octanol–water partition coefficient (Wildman–Crippen LogP) is 7.17. The zero-order chi connectivity index (χ0) is 28.7. The van der Waals surface area contributed by atoms with E-state index < -0.39 is 6.04 Å². The Morgan fingerprint density at radius 1 is 0.881 bits per heavy atom. The van der Waals surface area contributed by atoms with E-state index in [9.17, 15) is 9.59 Å². The molecule has 214 valence electrons. The standard InChI is InChI=1S/C37H39N3O2/c1-22-12-14-27(15-13-22)33-32(30-10-6-7-11-31(30)39(33)3)34-28-8-4-5-9-29(28)36(42)40(34)23(2)35(41)38-37-19-24-16-25(20-37)18-26(17-24)21-37/h4-15,23-26,34H,16-21H2,1-3H3,(H,38,41). The normalized spacial score (nSPS) is 28.4. The summed E-state index contributed by atoms with van der Waals surface area (Å²) in [5.74, 6) is 2.15. The molecule has 1 N–H and O–H groups in total. The van der Waals surface area contributed by atoms with Gasteiger partial charge in [-0.3, -0.25) is 9.59 Å². The molecule has 5 heteroatoms. The van der Waals surface area contributed by atoms with Crippen molar-refractivity contribution >= 4 is 22.7 Å². The number of carbonyl (C=O) groups is 2. The largest absolute Gasteiger partial charge is 0.349 e. The van der Waals surface area contributed by atoms with Crippen LogP contribution in [-0.2, 0) is 11.8 Å². The van der Waals surface area contributed by atoms with Crippen LogP contribution < -0.4 is 5.32 Å². The molecule has 3 aromatic carbocycles. The smallest absolute Gasteiger partial charge is 0.255 e. The van der Waals surface area contributed by atoms with Crippen molar-refractivity contribution in [3.8, 4) is 11.3 Å². The Labute approximate surface area is 247 Å². The molecule has 1 aliphatic heterocycles. The van der Waals surface area contributed by atoms with E-state index in [4.69, 9.17) is 0 Å². The fourth-order valence-electron chi connectivity index (χ4n) is 9.55. The second-order valence-corrected chi connectivity index (χ2v) is 13.8. The van der Waals surface area contributed by atoms with E-state index in [1.54, 1.807) is 0 Å². The summed E-state index contributed by atoms with van der Waals surface area (Å²) in [7, 11) is 2.11. The molecule has 2 amide bonds. The Morgan fingerprint density at radius 3 is 2.19 bits per heavy atom. The van der Waals surface area contributed by atoms with Gasteiger partial charge in [-0.25, -0.2) is 0 Å². The van der Waals surface area contributed by atoms with Crippen molar-refractivity contribution in [3.63, 3.8) is 0 Å². The van der Waals surface area contributed by atoms with E-state index in [1.165, 1.54) is 24.8 Å². The quantitative estimate of drug-likeness (QED) is 0.283. The van der Waals surface area contributed by atoms with Crippen LogP contribution in [0.2, 0.25) is 0 Å². The summed E-state index contributed by atoms with van der Waals surface area (Å²) in [5.41, 5.74) is 7.17. The van der Waals surface area contributed by atoms with Gasteiger partial charge in [0.1, 0.15) is 6.04 Å². The first-order valence-corrected chi connectivity index (χ1v) is 15.7. The number of para-hydroxylation sites is 1. The number of hydrogen-bond acceptors (Lipinski definition) is 2. The van der Waals surface area contributed by atoms with E-state index in [0.29, 0.717) is 5.56 Å². The molecule has 4 aromatic rings. The Balaban J connectivity index is 1.25. The van der Waals surface area contributed by atoms with E-state index in [1.807, 2.05) is 30.0 Å². The van der Waals surface area contributed by atoms with Gasteiger partial charge in [-0.15, -0.1) is 0 Å². The minimum absolute atomic E-state index is 0.0137. The summed E-state index contributed by atoms with van der Waals surface area (Å²) in [6, 6.07) is 24.0. The molecule has 0 spiro atoms. The van der Waals surface area contributed by atoms with Crippen LogP contribution in [-0.4, -0.2) is 32.9 Å². The molecule has 1 aromatic heterocycles. The third-order valence-electron chi connectivity index (χ3n) is 11.0. The van der Waals surface area contributed by atoms with Gasteiger partial charge in [-0.05, 0) is 93.4 Å². The molecular formula is C37H39N3O2. The van der Waals surface area contributed by atoms with Crippen LogP contribution in [0.3, 0.4) is 0 Å². The van der Waals surface area contributed by atoms with Crippen molar-refractivity contribution in [2.24, 2.45) is 24.8 Å². The highest BCUT2D eigenvalue weighted by Crippen LogP contribution is 2.56. The number of carbonyl (C=O) groups excluding carboxylic acids is 2. The highest BCUT2D eigenvalue weighted by Gasteiger charge is 2.53. The molecule has 4 bridgehead atoms. The van der Waals surface area contributed by atoms with Gasteiger partial charge in [0, 0.05) is 34.6 Å². The third kappa shape index (κ3) is 3.82. The molecule has 42 heavy (non-hydrogen) atoms. The van der Waals surface area contributed by atoms with Gasteiger partial charge in [0.2, 0.25) is 5.91 Å². The summed E-state index contributed by atoms with van der Waals surface area (Å²) < 4.78 is 2.25. The van der Waals surface area contributed by atoms with Crippen LogP contribution in [0.5, 0.6) is 0 Å². The van der Waals surface area contributed by atoms with Crippen molar-refractivity contribution < 1.29 is 9.59 Å². The molecule has 0 radical (unpaired) electrons. The number of rotatable bonds is 5. The Kier molecular flexibility index (Phi) is 5.73. The number of aromatic nitrogens is 1. The molecule has 4 aliphatic carbocycles.